The lowest BCUT2D eigenvalue weighted by Crippen LogP contribution is -2.40. The second-order valence-electron chi connectivity index (χ2n) is 11.2. The molecule has 8 heteroatoms. The molecule has 2 heterocycles. The van der Waals surface area contributed by atoms with Gasteiger partial charge in [-0.1, -0.05) is 35.5 Å². The lowest BCUT2D eigenvalue weighted by molar-refractivity contribution is -0.137. The van der Waals surface area contributed by atoms with E-state index >= 15 is 0 Å². The van der Waals surface area contributed by atoms with Crippen molar-refractivity contribution < 1.29 is 19.4 Å². The Morgan fingerprint density at radius 1 is 1.15 bits per heavy atom. The number of carboxylic acids is 1. The van der Waals surface area contributed by atoms with E-state index in [0.29, 0.717) is 0 Å². The molecule has 1 aliphatic heterocycles. The maximum atomic E-state index is 12.0. The third kappa shape index (κ3) is 5.47. The number of ether oxygens (including phenoxy) is 2. The van der Waals surface area contributed by atoms with Crippen molar-refractivity contribution >= 4 is 17.0 Å². The van der Waals surface area contributed by atoms with Crippen molar-refractivity contribution in [3.05, 3.63) is 81.9 Å². The molecule has 8 nitrogen and oxygen atoms in total. The van der Waals surface area contributed by atoms with Crippen molar-refractivity contribution in [3.8, 4) is 11.5 Å². The highest BCUT2D eigenvalue weighted by atomic mass is 16.5. The number of aromatic nitrogens is 3. The number of carbonyl (C=O) groups is 1. The van der Waals surface area contributed by atoms with Crippen LogP contribution in [0.1, 0.15) is 59.6 Å². The molecule has 1 aromatic heterocycles. The van der Waals surface area contributed by atoms with Gasteiger partial charge in [0.1, 0.15) is 22.6 Å². The molecule has 1 atom stereocenters. The van der Waals surface area contributed by atoms with Gasteiger partial charge in [0.05, 0.1) is 19.0 Å². The maximum Gasteiger partial charge on any atom is 0.304 e. The SMILES string of the molecule is COc1ccc2c(c1)OC(C)(C)CN(Cc1cc([C@H](CC(=O)O)c3ccc4c(nnn4C)c3C)ccc1C)C2. The van der Waals surface area contributed by atoms with E-state index in [1.165, 1.54) is 11.1 Å². The van der Waals surface area contributed by atoms with Gasteiger partial charge in [0.25, 0.3) is 0 Å². The molecule has 0 unspecified atom stereocenters. The molecule has 204 valence electrons. The van der Waals surface area contributed by atoms with Gasteiger partial charge in [0.15, 0.2) is 0 Å². The first-order valence-electron chi connectivity index (χ1n) is 13.2. The Labute approximate surface area is 229 Å². The molecule has 39 heavy (non-hydrogen) atoms. The van der Waals surface area contributed by atoms with Crippen LogP contribution < -0.4 is 9.47 Å². The molecule has 1 aliphatic rings. The van der Waals surface area contributed by atoms with Crippen LogP contribution in [0.3, 0.4) is 0 Å². The summed E-state index contributed by atoms with van der Waals surface area (Å²) in [5.74, 6) is 0.495. The van der Waals surface area contributed by atoms with Gasteiger partial charge in [-0.3, -0.25) is 9.69 Å². The number of fused-ring (bicyclic) bond motifs is 2. The molecule has 0 aliphatic carbocycles. The molecule has 5 rings (SSSR count). The number of benzene rings is 3. The zero-order valence-electron chi connectivity index (χ0n) is 23.5. The van der Waals surface area contributed by atoms with Gasteiger partial charge < -0.3 is 14.6 Å². The minimum Gasteiger partial charge on any atom is -0.497 e. The fourth-order valence-corrected chi connectivity index (χ4v) is 5.69. The number of rotatable bonds is 7. The van der Waals surface area contributed by atoms with E-state index in [9.17, 15) is 9.90 Å². The van der Waals surface area contributed by atoms with Crippen LogP contribution in [-0.2, 0) is 24.9 Å². The van der Waals surface area contributed by atoms with Gasteiger partial charge in [0, 0.05) is 44.2 Å². The molecule has 0 fully saturated rings. The molecule has 0 saturated heterocycles. The standard InChI is InChI=1S/C31H36N4O4/c1-19-7-8-21(26(15-29(36)37)25-11-12-27-30(20(25)2)32-33-34(27)5)13-23(19)17-35-16-22-9-10-24(38-6)14-28(22)39-31(3,4)18-35/h7-14,26H,15-18H2,1-6H3,(H,36,37)/t26-/m0/s1. The Hall–Kier alpha value is -3.91. The van der Waals surface area contributed by atoms with Crippen molar-refractivity contribution in [2.24, 2.45) is 7.05 Å². The Balaban J connectivity index is 1.50. The van der Waals surface area contributed by atoms with E-state index in [1.807, 2.05) is 38.2 Å². The van der Waals surface area contributed by atoms with Crippen molar-refractivity contribution in [1.29, 1.82) is 0 Å². The minimum absolute atomic E-state index is 0.00506. The number of hydrogen-bond donors (Lipinski definition) is 1. The molecule has 0 spiro atoms. The Kier molecular flexibility index (Phi) is 7.07. The van der Waals surface area contributed by atoms with Gasteiger partial charge in [-0.15, -0.1) is 5.10 Å². The van der Waals surface area contributed by atoms with E-state index in [4.69, 9.17) is 9.47 Å². The van der Waals surface area contributed by atoms with Gasteiger partial charge >= 0.3 is 5.97 Å². The largest absolute Gasteiger partial charge is 0.497 e. The third-order valence-corrected chi connectivity index (χ3v) is 7.66. The number of carboxylic acid groups (broad SMARTS) is 1. The van der Waals surface area contributed by atoms with E-state index in [0.717, 1.165) is 64.4 Å². The highest BCUT2D eigenvalue weighted by molar-refractivity contribution is 5.80. The van der Waals surface area contributed by atoms with Gasteiger partial charge in [-0.2, -0.15) is 0 Å². The van der Waals surface area contributed by atoms with Gasteiger partial charge in [0.2, 0.25) is 0 Å². The first-order chi connectivity index (χ1) is 18.5. The fraction of sp³-hybridized carbons (Fsp3) is 0.387. The second kappa shape index (κ2) is 10.3. The fourth-order valence-electron chi connectivity index (χ4n) is 5.69. The molecule has 3 aromatic carbocycles. The molecule has 0 saturated carbocycles. The predicted octanol–water partition coefficient (Wildman–Crippen LogP) is 5.37. The zero-order valence-corrected chi connectivity index (χ0v) is 23.5. The summed E-state index contributed by atoms with van der Waals surface area (Å²) < 4.78 is 13.6. The van der Waals surface area contributed by atoms with Crippen LogP contribution in [0, 0.1) is 13.8 Å². The van der Waals surface area contributed by atoms with E-state index in [-0.39, 0.29) is 12.3 Å². The van der Waals surface area contributed by atoms with Crippen molar-refractivity contribution in [3.63, 3.8) is 0 Å². The van der Waals surface area contributed by atoms with Gasteiger partial charge in [-0.25, -0.2) is 4.68 Å². The minimum atomic E-state index is -0.834. The number of aryl methyl sites for hydroxylation is 3. The highest BCUT2D eigenvalue weighted by Crippen LogP contribution is 2.36. The van der Waals surface area contributed by atoms with Crippen molar-refractivity contribution in [2.75, 3.05) is 13.7 Å². The summed E-state index contributed by atoms with van der Waals surface area (Å²) in [5, 5.41) is 18.3. The monoisotopic (exact) mass is 528 g/mol. The molecule has 0 radical (unpaired) electrons. The molecule has 0 amide bonds. The first kappa shape index (κ1) is 26.7. The summed E-state index contributed by atoms with van der Waals surface area (Å²) in [6, 6.07) is 16.3. The zero-order chi connectivity index (χ0) is 27.9. The smallest absolute Gasteiger partial charge is 0.304 e. The summed E-state index contributed by atoms with van der Waals surface area (Å²) in [7, 11) is 3.52. The lowest BCUT2D eigenvalue weighted by atomic mass is 9.84. The van der Waals surface area contributed by atoms with E-state index < -0.39 is 11.6 Å². The molecule has 0 bridgehead atoms. The average Bonchev–Trinajstić information content (AvgIpc) is 3.20. The second-order valence-corrected chi connectivity index (χ2v) is 11.2. The molecule has 4 aromatic rings. The van der Waals surface area contributed by atoms with E-state index in [2.05, 4.69) is 60.2 Å². The van der Waals surface area contributed by atoms with Crippen LogP contribution in [0.2, 0.25) is 0 Å². The summed E-state index contributed by atoms with van der Waals surface area (Å²) in [4.78, 5) is 14.4. The normalized spacial score (nSPS) is 15.8. The van der Waals surface area contributed by atoms with Crippen molar-refractivity contribution in [1.82, 2.24) is 19.9 Å². The van der Waals surface area contributed by atoms with Crippen LogP contribution in [-0.4, -0.2) is 50.2 Å². The number of hydrogen-bond acceptors (Lipinski definition) is 6. The lowest BCUT2D eigenvalue weighted by Gasteiger charge is -2.30. The quantitative estimate of drug-likeness (QED) is 0.345. The van der Waals surface area contributed by atoms with Crippen LogP contribution >= 0.6 is 0 Å². The number of methoxy groups -OCH3 is 1. The van der Waals surface area contributed by atoms with Crippen molar-refractivity contribution in [2.45, 2.75) is 58.7 Å². The van der Waals surface area contributed by atoms with Gasteiger partial charge in [-0.05, 0) is 67.6 Å². The van der Waals surface area contributed by atoms with Crippen LogP contribution in [0.5, 0.6) is 11.5 Å². The summed E-state index contributed by atoms with van der Waals surface area (Å²) in [6.45, 7) is 10.5. The summed E-state index contributed by atoms with van der Waals surface area (Å²) in [5.41, 5.74) is 7.73. The molecular formula is C31H36N4O4. The number of nitrogens with zero attached hydrogens (tertiary/aromatic N) is 4. The first-order valence-corrected chi connectivity index (χ1v) is 13.2. The predicted molar refractivity (Wildman–Crippen MR) is 150 cm³/mol. The van der Waals surface area contributed by atoms with Crippen LogP contribution in [0.4, 0.5) is 0 Å². The van der Waals surface area contributed by atoms with E-state index in [1.54, 1.807) is 11.8 Å². The Bertz CT molecular complexity index is 1540. The highest BCUT2D eigenvalue weighted by Gasteiger charge is 2.30. The molecule has 1 N–H and O–H groups in total. The van der Waals surface area contributed by atoms with Crippen LogP contribution in [0.15, 0.2) is 48.5 Å². The molecular weight excluding hydrogens is 492 g/mol. The van der Waals surface area contributed by atoms with Crippen LogP contribution in [0.25, 0.3) is 11.0 Å². The Morgan fingerprint density at radius 2 is 1.95 bits per heavy atom. The summed E-state index contributed by atoms with van der Waals surface area (Å²) in [6.07, 6.45) is -0.00506. The third-order valence-electron chi connectivity index (χ3n) is 7.66. The number of aliphatic carboxylic acids is 1. The summed E-state index contributed by atoms with van der Waals surface area (Å²) >= 11 is 0. The maximum absolute atomic E-state index is 12.0. The Morgan fingerprint density at radius 3 is 2.69 bits per heavy atom. The topological polar surface area (TPSA) is 89.7 Å². The average molecular weight is 529 g/mol.